The Morgan fingerprint density at radius 1 is 0.923 bits per heavy atom. The van der Waals surface area contributed by atoms with Crippen molar-refractivity contribution in [3.63, 3.8) is 0 Å². The lowest BCUT2D eigenvalue weighted by atomic mass is 9.81. The first-order chi connectivity index (χ1) is 12.3. The number of nitrogens with one attached hydrogen (secondary N) is 1. The highest BCUT2D eigenvalue weighted by Crippen LogP contribution is 2.32. The molecule has 1 saturated carbocycles. The molecule has 1 heterocycles. The fourth-order valence-electron chi connectivity index (χ4n) is 4.10. The van der Waals surface area contributed by atoms with E-state index in [-0.39, 0.29) is 23.2 Å². The van der Waals surface area contributed by atoms with E-state index >= 15 is 0 Å². The van der Waals surface area contributed by atoms with Crippen molar-refractivity contribution in [1.29, 1.82) is 0 Å². The Balaban J connectivity index is 1.50. The van der Waals surface area contributed by atoms with Crippen LogP contribution in [0.25, 0.3) is 0 Å². The van der Waals surface area contributed by atoms with E-state index in [1.165, 1.54) is 5.56 Å². The van der Waals surface area contributed by atoms with Crippen LogP contribution < -0.4 is 5.32 Å². The van der Waals surface area contributed by atoms with Gasteiger partial charge in [-0.2, -0.15) is 0 Å². The van der Waals surface area contributed by atoms with E-state index in [4.69, 9.17) is 0 Å². The van der Waals surface area contributed by atoms with Gasteiger partial charge in [0.2, 0.25) is 11.8 Å². The molecule has 0 aromatic heterocycles. The zero-order valence-electron chi connectivity index (χ0n) is 16.4. The molecule has 1 N–H and O–H groups in total. The molecule has 4 nitrogen and oxygen atoms in total. The maximum Gasteiger partial charge on any atom is 0.227 e. The Kier molecular flexibility index (Phi) is 5.69. The van der Waals surface area contributed by atoms with Crippen LogP contribution in [-0.4, -0.2) is 29.8 Å². The summed E-state index contributed by atoms with van der Waals surface area (Å²) in [6, 6.07) is 8.14. The quantitative estimate of drug-likeness (QED) is 0.875. The molecule has 0 unspecified atom stereocenters. The first kappa shape index (κ1) is 18.9. The monoisotopic (exact) mass is 356 g/mol. The molecule has 0 spiro atoms. The van der Waals surface area contributed by atoms with Crippen molar-refractivity contribution in [2.24, 2.45) is 11.8 Å². The average molecular weight is 357 g/mol. The van der Waals surface area contributed by atoms with E-state index in [0.717, 1.165) is 57.3 Å². The third kappa shape index (κ3) is 4.46. The van der Waals surface area contributed by atoms with Crippen molar-refractivity contribution >= 4 is 17.5 Å². The van der Waals surface area contributed by atoms with E-state index in [1.54, 1.807) is 0 Å². The second-order valence-corrected chi connectivity index (χ2v) is 8.90. The number of anilines is 1. The Labute approximate surface area is 157 Å². The molecule has 142 valence electrons. The van der Waals surface area contributed by atoms with E-state index < -0.39 is 0 Å². The van der Waals surface area contributed by atoms with Crippen molar-refractivity contribution in [2.45, 2.75) is 64.7 Å². The number of amides is 2. The molecular formula is C22H32N2O2. The average Bonchev–Trinajstić information content (AvgIpc) is 3.15. The molecule has 2 amide bonds. The lowest BCUT2D eigenvalue weighted by molar-refractivity contribution is -0.136. The summed E-state index contributed by atoms with van der Waals surface area (Å²) in [5.41, 5.74) is 2.23. The lowest BCUT2D eigenvalue weighted by Gasteiger charge is -2.29. The minimum Gasteiger partial charge on any atom is -0.342 e. The van der Waals surface area contributed by atoms with E-state index in [9.17, 15) is 9.59 Å². The molecule has 2 aliphatic rings. The van der Waals surface area contributed by atoms with Crippen LogP contribution in [0.1, 0.15) is 64.9 Å². The van der Waals surface area contributed by atoms with Crippen LogP contribution >= 0.6 is 0 Å². The van der Waals surface area contributed by atoms with Gasteiger partial charge < -0.3 is 10.2 Å². The summed E-state index contributed by atoms with van der Waals surface area (Å²) in [5, 5.41) is 3.06. The van der Waals surface area contributed by atoms with Gasteiger partial charge in [0.15, 0.2) is 0 Å². The number of hydrogen-bond acceptors (Lipinski definition) is 2. The van der Waals surface area contributed by atoms with Gasteiger partial charge in [-0.05, 0) is 61.6 Å². The van der Waals surface area contributed by atoms with Gasteiger partial charge in [-0.1, -0.05) is 32.9 Å². The summed E-state index contributed by atoms with van der Waals surface area (Å²) in [7, 11) is 0. The number of nitrogens with zero attached hydrogens (tertiary/aromatic N) is 1. The van der Waals surface area contributed by atoms with Crippen LogP contribution in [0.4, 0.5) is 5.69 Å². The van der Waals surface area contributed by atoms with Crippen LogP contribution in [0.5, 0.6) is 0 Å². The lowest BCUT2D eigenvalue weighted by Crippen LogP contribution is -2.37. The molecule has 0 atom stereocenters. The molecule has 1 aromatic rings. The standard InChI is InChI=1S/C22H32N2O2/c1-22(2,3)18-10-12-19(13-11-18)23-20(25)16-6-8-17(9-7-16)21(26)24-14-4-5-15-24/h10-13,16-17H,4-9,14-15H2,1-3H3,(H,23,25). The molecule has 0 radical (unpaired) electrons. The van der Waals surface area contributed by atoms with E-state index in [2.05, 4.69) is 38.2 Å². The van der Waals surface area contributed by atoms with Crippen molar-refractivity contribution in [2.75, 3.05) is 18.4 Å². The summed E-state index contributed by atoms with van der Waals surface area (Å²) in [4.78, 5) is 27.1. The number of likely N-dealkylation sites (tertiary alicyclic amines) is 1. The molecule has 26 heavy (non-hydrogen) atoms. The van der Waals surface area contributed by atoms with Crippen LogP contribution in [-0.2, 0) is 15.0 Å². The van der Waals surface area contributed by atoms with Crippen LogP contribution in [0.15, 0.2) is 24.3 Å². The van der Waals surface area contributed by atoms with E-state index in [1.807, 2.05) is 17.0 Å². The largest absolute Gasteiger partial charge is 0.342 e. The number of rotatable bonds is 3. The van der Waals surface area contributed by atoms with Gasteiger partial charge in [0.25, 0.3) is 0 Å². The minimum atomic E-state index is 0.0277. The summed E-state index contributed by atoms with van der Waals surface area (Å²) in [6.07, 6.45) is 5.59. The Morgan fingerprint density at radius 3 is 2.00 bits per heavy atom. The van der Waals surface area contributed by atoms with Crippen LogP contribution in [0.2, 0.25) is 0 Å². The van der Waals surface area contributed by atoms with Gasteiger partial charge in [0.05, 0.1) is 0 Å². The normalized spacial score (nSPS) is 23.7. The Morgan fingerprint density at radius 2 is 1.46 bits per heavy atom. The highest BCUT2D eigenvalue weighted by molar-refractivity contribution is 5.92. The summed E-state index contributed by atoms with van der Waals surface area (Å²) >= 11 is 0. The fraction of sp³-hybridized carbons (Fsp3) is 0.636. The van der Waals surface area contributed by atoms with Gasteiger partial charge in [-0.25, -0.2) is 0 Å². The van der Waals surface area contributed by atoms with E-state index in [0.29, 0.717) is 5.91 Å². The highest BCUT2D eigenvalue weighted by Gasteiger charge is 2.32. The number of benzene rings is 1. The van der Waals surface area contributed by atoms with Gasteiger partial charge in [0, 0.05) is 30.6 Å². The first-order valence-electron chi connectivity index (χ1n) is 10.0. The third-order valence-corrected chi connectivity index (χ3v) is 5.88. The van der Waals surface area contributed by atoms with Crippen molar-refractivity contribution in [3.8, 4) is 0 Å². The number of hydrogen-bond donors (Lipinski definition) is 1. The topological polar surface area (TPSA) is 49.4 Å². The zero-order chi connectivity index (χ0) is 18.7. The number of carbonyl (C=O) groups is 2. The van der Waals surface area contributed by atoms with Gasteiger partial charge in [0.1, 0.15) is 0 Å². The summed E-state index contributed by atoms with van der Waals surface area (Å²) in [5.74, 6) is 0.572. The Bertz CT molecular complexity index is 631. The SMILES string of the molecule is CC(C)(C)c1ccc(NC(=O)C2CCC(C(=O)N3CCCC3)CC2)cc1. The molecule has 1 aliphatic carbocycles. The van der Waals surface area contributed by atoms with Crippen molar-refractivity contribution in [3.05, 3.63) is 29.8 Å². The molecule has 4 heteroatoms. The maximum atomic E-state index is 12.6. The summed E-state index contributed by atoms with van der Waals surface area (Å²) in [6.45, 7) is 8.39. The Hall–Kier alpha value is -1.84. The second kappa shape index (κ2) is 7.81. The van der Waals surface area contributed by atoms with Gasteiger partial charge >= 0.3 is 0 Å². The van der Waals surface area contributed by atoms with Crippen LogP contribution in [0.3, 0.4) is 0 Å². The molecular weight excluding hydrogens is 324 g/mol. The molecule has 1 aliphatic heterocycles. The van der Waals surface area contributed by atoms with Gasteiger partial charge in [-0.15, -0.1) is 0 Å². The third-order valence-electron chi connectivity index (χ3n) is 5.88. The molecule has 1 saturated heterocycles. The zero-order valence-corrected chi connectivity index (χ0v) is 16.4. The van der Waals surface area contributed by atoms with Gasteiger partial charge in [-0.3, -0.25) is 9.59 Å². The minimum absolute atomic E-state index is 0.0277. The fourth-order valence-corrected chi connectivity index (χ4v) is 4.10. The van der Waals surface area contributed by atoms with Crippen molar-refractivity contribution in [1.82, 2.24) is 4.90 Å². The van der Waals surface area contributed by atoms with Crippen molar-refractivity contribution < 1.29 is 9.59 Å². The van der Waals surface area contributed by atoms with Crippen LogP contribution in [0, 0.1) is 11.8 Å². The molecule has 3 rings (SSSR count). The molecule has 0 bridgehead atoms. The summed E-state index contributed by atoms with van der Waals surface area (Å²) < 4.78 is 0. The first-order valence-corrected chi connectivity index (χ1v) is 10.0. The highest BCUT2D eigenvalue weighted by atomic mass is 16.2. The second-order valence-electron chi connectivity index (χ2n) is 8.90. The molecule has 2 fully saturated rings. The smallest absolute Gasteiger partial charge is 0.227 e. The maximum absolute atomic E-state index is 12.6. The predicted molar refractivity (Wildman–Crippen MR) is 105 cm³/mol. The number of carbonyl (C=O) groups excluding carboxylic acids is 2. The molecule has 1 aromatic carbocycles. The predicted octanol–water partition coefficient (Wildman–Crippen LogP) is 4.35.